The Labute approximate surface area is 200 Å². The molecule has 1 heterocycles. The van der Waals surface area contributed by atoms with E-state index in [0.717, 1.165) is 12.0 Å². The van der Waals surface area contributed by atoms with Crippen molar-refractivity contribution in [2.24, 2.45) is 0 Å². The van der Waals surface area contributed by atoms with E-state index in [-0.39, 0.29) is 23.9 Å². The predicted molar refractivity (Wildman–Crippen MR) is 129 cm³/mol. The lowest BCUT2D eigenvalue weighted by Gasteiger charge is -2.36. The lowest BCUT2D eigenvalue weighted by molar-refractivity contribution is -0.139. The fourth-order valence-corrected chi connectivity index (χ4v) is 5.34. The van der Waals surface area contributed by atoms with Crippen molar-refractivity contribution in [2.75, 3.05) is 26.2 Å². The largest absolute Gasteiger partial charge is 0.339 e. The highest BCUT2D eigenvalue weighted by atomic mass is 32.2. The summed E-state index contributed by atoms with van der Waals surface area (Å²) in [5, 5.41) is 0.703. The van der Waals surface area contributed by atoms with Crippen molar-refractivity contribution in [1.82, 2.24) is 15.1 Å². The summed E-state index contributed by atoms with van der Waals surface area (Å²) in [5.74, 6) is -1.32. The summed E-state index contributed by atoms with van der Waals surface area (Å²) in [6, 6.07) is 13.0. The monoisotopic (exact) mass is 485 g/mol. The van der Waals surface area contributed by atoms with Crippen molar-refractivity contribution in [3.8, 4) is 0 Å². The number of amides is 3. The molecule has 1 unspecified atom stereocenters. The molecule has 1 atom stereocenters. The van der Waals surface area contributed by atoms with Crippen LogP contribution in [0.5, 0.6) is 0 Å². The van der Waals surface area contributed by atoms with Crippen LogP contribution in [0.25, 0.3) is 0 Å². The lowest BCUT2D eigenvalue weighted by Crippen LogP contribution is -2.57. The van der Waals surface area contributed by atoms with Crippen molar-refractivity contribution < 1.29 is 22.8 Å². The Morgan fingerprint density at radius 2 is 1.50 bits per heavy atom. The zero-order valence-corrected chi connectivity index (χ0v) is 20.6. The number of hydrogen-bond donors (Lipinski definition) is 1. The van der Waals surface area contributed by atoms with Gasteiger partial charge in [-0.15, -0.1) is 0 Å². The molecule has 1 N–H and O–H groups in total. The second kappa shape index (κ2) is 10.8. The minimum Gasteiger partial charge on any atom is -0.339 e. The normalized spacial score (nSPS) is 15.0. The standard InChI is InChI=1S/C25H31N3O5S/c1-4-7-22(29)27-14-16-28(17-15-27)25(31)24(26-23(30)21-9-6-5-8-19(21)3)34(32,33)20-12-10-18(2)11-13-20/h5-6,8-13,24H,4,7,14-17H2,1-3H3,(H,26,30). The van der Waals surface area contributed by atoms with E-state index in [0.29, 0.717) is 30.6 Å². The molecule has 2 aromatic rings. The zero-order chi connectivity index (χ0) is 24.9. The minimum absolute atomic E-state index is 0.0197. The molecule has 0 saturated carbocycles. The molecule has 1 aliphatic rings. The van der Waals surface area contributed by atoms with Gasteiger partial charge in [0.1, 0.15) is 0 Å². The average molecular weight is 486 g/mol. The molecule has 8 nitrogen and oxygen atoms in total. The van der Waals surface area contributed by atoms with Gasteiger partial charge in [-0.1, -0.05) is 42.8 Å². The number of benzene rings is 2. The fraction of sp³-hybridized carbons (Fsp3) is 0.400. The number of sulfone groups is 1. The summed E-state index contributed by atoms with van der Waals surface area (Å²) >= 11 is 0. The van der Waals surface area contributed by atoms with Crippen molar-refractivity contribution in [1.29, 1.82) is 0 Å². The van der Waals surface area contributed by atoms with Gasteiger partial charge in [-0.2, -0.15) is 0 Å². The molecule has 0 aromatic heterocycles. The molecule has 3 rings (SSSR count). The molecule has 0 radical (unpaired) electrons. The molecule has 3 amide bonds. The topological polar surface area (TPSA) is 104 Å². The molecule has 34 heavy (non-hydrogen) atoms. The quantitative estimate of drug-likeness (QED) is 0.648. The van der Waals surface area contributed by atoms with Gasteiger partial charge < -0.3 is 15.1 Å². The van der Waals surface area contributed by atoms with Gasteiger partial charge in [0.05, 0.1) is 4.90 Å². The molecule has 1 aliphatic heterocycles. The molecule has 2 aromatic carbocycles. The summed E-state index contributed by atoms with van der Waals surface area (Å²) in [5.41, 5.74) is 1.84. The van der Waals surface area contributed by atoms with Gasteiger partial charge in [-0.3, -0.25) is 14.4 Å². The van der Waals surface area contributed by atoms with Crippen LogP contribution in [0.15, 0.2) is 53.4 Å². The number of piperazine rings is 1. The second-order valence-electron chi connectivity index (χ2n) is 8.48. The van der Waals surface area contributed by atoms with Crippen LogP contribution >= 0.6 is 0 Å². The van der Waals surface area contributed by atoms with Crippen molar-refractivity contribution >= 4 is 27.6 Å². The van der Waals surface area contributed by atoms with Gasteiger partial charge in [0.25, 0.3) is 11.8 Å². The molecular weight excluding hydrogens is 454 g/mol. The summed E-state index contributed by atoms with van der Waals surface area (Å²) in [6.07, 6.45) is 1.17. The van der Waals surface area contributed by atoms with Gasteiger partial charge in [0.2, 0.25) is 21.1 Å². The highest BCUT2D eigenvalue weighted by molar-refractivity contribution is 7.92. The number of hydrogen-bond acceptors (Lipinski definition) is 5. The summed E-state index contributed by atoms with van der Waals surface area (Å²) in [7, 11) is -4.22. The van der Waals surface area contributed by atoms with Gasteiger partial charge in [0.15, 0.2) is 0 Å². The number of aryl methyl sites for hydroxylation is 2. The van der Waals surface area contributed by atoms with E-state index in [1.165, 1.54) is 17.0 Å². The van der Waals surface area contributed by atoms with E-state index < -0.39 is 27.0 Å². The highest BCUT2D eigenvalue weighted by Gasteiger charge is 2.39. The number of carbonyl (C=O) groups is 3. The van der Waals surface area contributed by atoms with E-state index in [4.69, 9.17) is 0 Å². The SMILES string of the molecule is CCCC(=O)N1CCN(C(=O)C(NC(=O)c2ccccc2C)S(=O)(=O)c2ccc(C)cc2)CC1. The highest BCUT2D eigenvalue weighted by Crippen LogP contribution is 2.19. The average Bonchev–Trinajstić information content (AvgIpc) is 2.82. The first-order valence-corrected chi connectivity index (χ1v) is 12.9. The zero-order valence-electron chi connectivity index (χ0n) is 19.8. The Kier molecular flexibility index (Phi) is 8.09. The van der Waals surface area contributed by atoms with Gasteiger partial charge in [0, 0.05) is 38.2 Å². The van der Waals surface area contributed by atoms with Crippen LogP contribution in [-0.2, 0) is 19.4 Å². The molecule has 0 spiro atoms. The summed E-state index contributed by atoms with van der Waals surface area (Å²) in [6.45, 7) is 6.56. The van der Waals surface area contributed by atoms with Crippen molar-refractivity contribution in [2.45, 2.75) is 43.9 Å². The smallest absolute Gasteiger partial charge is 0.261 e. The third-order valence-corrected chi connectivity index (χ3v) is 7.81. The van der Waals surface area contributed by atoms with Crippen LogP contribution in [-0.4, -0.2) is 67.5 Å². The first-order chi connectivity index (χ1) is 16.1. The maximum atomic E-state index is 13.5. The minimum atomic E-state index is -4.22. The van der Waals surface area contributed by atoms with E-state index >= 15 is 0 Å². The van der Waals surface area contributed by atoms with Crippen LogP contribution in [0.1, 0.15) is 41.3 Å². The Hall–Kier alpha value is -3.20. The van der Waals surface area contributed by atoms with Crippen LogP contribution < -0.4 is 5.32 Å². The Morgan fingerprint density at radius 3 is 2.09 bits per heavy atom. The van der Waals surface area contributed by atoms with E-state index in [1.54, 1.807) is 48.2 Å². The summed E-state index contributed by atoms with van der Waals surface area (Å²) < 4.78 is 27.0. The maximum absolute atomic E-state index is 13.5. The molecule has 0 aliphatic carbocycles. The van der Waals surface area contributed by atoms with Crippen LogP contribution in [0, 0.1) is 13.8 Å². The summed E-state index contributed by atoms with van der Waals surface area (Å²) in [4.78, 5) is 41.7. The van der Waals surface area contributed by atoms with E-state index in [2.05, 4.69) is 5.32 Å². The molecule has 1 saturated heterocycles. The predicted octanol–water partition coefficient (Wildman–Crippen LogP) is 2.30. The van der Waals surface area contributed by atoms with Crippen LogP contribution in [0.2, 0.25) is 0 Å². The Bertz CT molecular complexity index is 1150. The second-order valence-corrected chi connectivity index (χ2v) is 10.5. The first-order valence-electron chi connectivity index (χ1n) is 11.4. The number of nitrogens with one attached hydrogen (secondary N) is 1. The fourth-order valence-electron chi connectivity index (χ4n) is 3.87. The molecule has 1 fully saturated rings. The third kappa shape index (κ3) is 5.64. The Balaban J connectivity index is 1.88. The molecular formula is C25H31N3O5S. The van der Waals surface area contributed by atoms with Gasteiger partial charge >= 0.3 is 0 Å². The third-order valence-electron chi connectivity index (χ3n) is 5.94. The van der Waals surface area contributed by atoms with E-state index in [1.807, 2.05) is 13.8 Å². The number of rotatable bonds is 7. The van der Waals surface area contributed by atoms with Crippen molar-refractivity contribution in [3.63, 3.8) is 0 Å². The Morgan fingerprint density at radius 1 is 0.912 bits per heavy atom. The molecule has 0 bridgehead atoms. The maximum Gasteiger partial charge on any atom is 0.261 e. The van der Waals surface area contributed by atoms with Crippen LogP contribution in [0.3, 0.4) is 0 Å². The van der Waals surface area contributed by atoms with Gasteiger partial charge in [-0.25, -0.2) is 8.42 Å². The first kappa shape index (κ1) is 25.4. The lowest BCUT2D eigenvalue weighted by atomic mass is 10.1. The van der Waals surface area contributed by atoms with Crippen molar-refractivity contribution in [3.05, 3.63) is 65.2 Å². The van der Waals surface area contributed by atoms with Crippen LogP contribution in [0.4, 0.5) is 0 Å². The molecule has 182 valence electrons. The van der Waals surface area contributed by atoms with Gasteiger partial charge in [-0.05, 0) is 44.0 Å². The number of nitrogens with zero attached hydrogens (tertiary/aromatic N) is 2. The van der Waals surface area contributed by atoms with E-state index in [9.17, 15) is 22.8 Å². The molecule has 9 heteroatoms. The number of carbonyl (C=O) groups excluding carboxylic acids is 3.